The first-order valence-electron chi connectivity index (χ1n) is 5.39. The number of nitrogens with zero attached hydrogens (tertiary/aromatic N) is 2. The van der Waals surface area contributed by atoms with E-state index in [9.17, 15) is 13.2 Å². The third kappa shape index (κ3) is 4.49. The number of nitrogens with two attached hydrogens (primary N) is 1. The Labute approximate surface area is 107 Å². The summed E-state index contributed by atoms with van der Waals surface area (Å²) in [6.07, 6.45) is -4.71. The Hall–Kier alpha value is -2.25. The highest BCUT2D eigenvalue weighted by atomic mass is 19.4. The molecule has 104 valence electrons. The second-order valence-electron chi connectivity index (χ2n) is 3.02. The van der Waals surface area contributed by atoms with Crippen LogP contribution in [-0.2, 0) is 0 Å². The molecule has 19 heavy (non-hydrogen) atoms. The Bertz CT molecular complexity index is 509. The molecule has 0 saturated carbocycles. The molecule has 0 spiro atoms. The number of benzene rings is 1. The van der Waals surface area contributed by atoms with E-state index in [-0.39, 0.29) is 17.7 Å². The maximum atomic E-state index is 11.9. The first kappa shape index (κ1) is 14.8. The van der Waals surface area contributed by atoms with Crippen LogP contribution in [0.4, 0.5) is 19.2 Å². The van der Waals surface area contributed by atoms with E-state index < -0.39 is 6.36 Å². The minimum absolute atomic E-state index is 0.115. The highest BCUT2D eigenvalue weighted by Crippen LogP contribution is 2.25. The van der Waals surface area contributed by atoms with Crippen LogP contribution < -0.4 is 10.5 Å². The Kier molecular flexibility index (Phi) is 4.74. The molecule has 0 radical (unpaired) electrons. The van der Waals surface area contributed by atoms with Crippen LogP contribution in [0.5, 0.6) is 5.75 Å². The molecule has 2 rings (SSSR count). The fourth-order valence-corrected chi connectivity index (χ4v) is 1.15. The van der Waals surface area contributed by atoms with Gasteiger partial charge in [-0.05, 0) is 24.3 Å². The van der Waals surface area contributed by atoms with Crippen LogP contribution in [0, 0.1) is 0 Å². The maximum absolute atomic E-state index is 11.9. The van der Waals surface area contributed by atoms with Crippen LogP contribution in [0.2, 0.25) is 0 Å². The van der Waals surface area contributed by atoms with Crippen molar-refractivity contribution in [2.75, 3.05) is 5.73 Å². The minimum Gasteiger partial charge on any atom is -0.406 e. The zero-order valence-electron chi connectivity index (χ0n) is 10.2. The van der Waals surface area contributed by atoms with Crippen LogP contribution in [0.15, 0.2) is 28.7 Å². The molecule has 1 heterocycles. The summed E-state index contributed by atoms with van der Waals surface area (Å²) in [6, 6.07) is 4.88. The van der Waals surface area contributed by atoms with Gasteiger partial charge in [-0.25, -0.2) is 0 Å². The molecule has 1 aromatic carbocycles. The Morgan fingerprint density at radius 2 is 1.68 bits per heavy atom. The summed E-state index contributed by atoms with van der Waals surface area (Å²) in [7, 11) is 0. The minimum atomic E-state index is -4.71. The van der Waals surface area contributed by atoms with Crippen LogP contribution in [0.3, 0.4) is 0 Å². The molecule has 0 unspecified atom stereocenters. The van der Waals surface area contributed by atoms with Gasteiger partial charge in [0.1, 0.15) is 5.75 Å². The van der Waals surface area contributed by atoms with Crippen molar-refractivity contribution in [2.24, 2.45) is 0 Å². The molecular formula is C11H12F3N3O2. The van der Waals surface area contributed by atoms with Crippen molar-refractivity contribution < 1.29 is 22.3 Å². The molecule has 0 aliphatic carbocycles. The zero-order valence-corrected chi connectivity index (χ0v) is 10.2. The molecule has 0 atom stereocenters. The average Bonchev–Trinajstić information content (AvgIpc) is 2.77. The average molecular weight is 275 g/mol. The molecule has 5 nitrogen and oxygen atoms in total. The summed E-state index contributed by atoms with van der Waals surface area (Å²) < 4.78 is 44.3. The molecule has 0 bridgehead atoms. The molecule has 0 saturated heterocycles. The van der Waals surface area contributed by atoms with Crippen LogP contribution in [-0.4, -0.2) is 16.6 Å². The topological polar surface area (TPSA) is 74.2 Å². The Morgan fingerprint density at radius 3 is 2.11 bits per heavy atom. The first-order valence-corrected chi connectivity index (χ1v) is 5.39. The van der Waals surface area contributed by atoms with Crippen molar-refractivity contribution in [2.45, 2.75) is 20.2 Å². The van der Waals surface area contributed by atoms with E-state index in [1.165, 1.54) is 12.1 Å². The second kappa shape index (κ2) is 6.07. The number of alkyl halides is 3. The van der Waals surface area contributed by atoms with Crippen LogP contribution in [0.1, 0.15) is 13.8 Å². The lowest BCUT2D eigenvalue weighted by atomic mass is 10.2. The molecule has 0 amide bonds. The van der Waals surface area contributed by atoms with E-state index in [1.54, 1.807) is 0 Å². The van der Waals surface area contributed by atoms with E-state index in [1.807, 2.05) is 13.8 Å². The van der Waals surface area contributed by atoms with Gasteiger partial charge in [-0.1, -0.05) is 18.9 Å². The largest absolute Gasteiger partial charge is 0.573 e. The Morgan fingerprint density at radius 1 is 1.11 bits per heavy atom. The van der Waals surface area contributed by atoms with E-state index >= 15 is 0 Å². The van der Waals surface area contributed by atoms with Gasteiger partial charge in [0.25, 0.3) is 0 Å². The highest BCUT2D eigenvalue weighted by Gasteiger charge is 2.31. The number of hydrogen-bond acceptors (Lipinski definition) is 5. The standard InChI is InChI=1S/C9H6F3N3O2.C2H6/c10-9(11,12)17-6-3-1-5(2-4-6)7-14-15-8(13)16-7;1-2/h1-4H,(H2,13,15);1-2H3. The van der Waals surface area contributed by atoms with Gasteiger partial charge in [0, 0.05) is 5.56 Å². The third-order valence-corrected chi connectivity index (χ3v) is 1.78. The number of rotatable bonds is 2. The smallest absolute Gasteiger partial charge is 0.406 e. The molecule has 0 fully saturated rings. The highest BCUT2D eigenvalue weighted by molar-refractivity contribution is 5.54. The van der Waals surface area contributed by atoms with Gasteiger partial charge in [0.2, 0.25) is 5.89 Å². The lowest BCUT2D eigenvalue weighted by Gasteiger charge is -2.08. The summed E-state index contributed by atoms with van der Waals surface area (Å²) in [6.45, 7) is 4.00. The lowest BCUT2D eigenvalue weighted by molar-refractivity contribution is -0.274. The summed E-state index contributed by atoms with van der Waals surface area (Å²) >= 11 is 0. The summed E-state index contributed by atoms with van der Waals surface area (Å²) in [4.78, 5) is 0. The van der Waals surface area contributed by atoms with E-state index in [0.717, 1.165) is 12.1 Å². The number of aromatic nitrogens is 2. The van der Waals surface area contributed by atoms with Gasteiger partial charge in [-0.3, -0.25) is 0 Å². The first-order chi connectivity index (χ1) is 8.94. The van der Waals surface area contributed by atoms with E-state index in [2.05, 4.69) is 14.9 Å². The van der Waals surface area contributed by atoms with Gasteiger partial charge in [-0.2, -0.15) is 0 Å². The molecule has 2 aromatic rings. The Balaban J connectivity index is 0.000000861. The lowest BCUT2D eigenvalue weighted by Crippen LogP contribution is -2.16. The van der Waals surface area contributed by atoms with Gasteiger partial charge >= 0.3 is 12.4 Å². The SMILES string of the molecule is CC.Nc1nnc(-c2ccc(OC(F)(F)F)cc2)o1. The van der Waals surface area contributed by atoms with Crippen molar-refractivity contribution in [3.05, 3.63) is 24.3 Å². The molecule has 0 aliphatic heterocycles. The monoisotopic (exact) mass is 275 g/mol. The van der Waals surface area contributed by atoms with Gasteiger partial charge in [0.15, 0.2) is 0 Å². The van der Waals surface area contributed by atoms with Gasteiger partial charge in [0.05, 0.1) is 0 Å². The molecule has 2 N–H and O–H groups in total. The zero-order chi connectivity index (χ0) is 14.5. The molecule has 8 heteroatoms. The number of anilines is 1. The number of halogens is 3. The summed E-state index contributed by atoms with van der Waals surface area (Å²) in [5.41, 5.74) is 5.66. The van der Waals surface area contributed by atoms with Crippen molar-refractivity contribution in [1.82, 2.24) is 10.2 Å². The third-order valence-electron chi connectivity index (χ3n) is 1.78. The number of nitrogen functional groups attached to an aromatic ring is 1. The fraction of sp³-hybridized carbons (Fsp3) is 0.273. The van der Waals surface area contributed by atoms with Crippen molar-refractivity contribution >= 4 is 6.01 Å². The van der Waals surface area contributed by atoms with Crippen molar-refractivity contribution in [3.63, 3.8) is 0 Å². The second-order valence-corrected chi connectivity index (χ2v) is 3.02. The van der Waals surface area contributed by atoms with Gasteiger partial charge < -0.3 is 14.9 Å². The van der Waals surface area contributed by atoms with Crippen LogP contribution >= 0.6 is 0 Å². The number of ether oxygens (including phenoxy) is 1. The fourth-order valence-electron chi connectivity index (χ4n) is 1.15. The number of hydrogen-bond donors (Lipinski definition) is 1. The molecular weight excluding hydrogens is 263 g/mol. The summed E-state index contributed by atoms with van der Waals surface area (Å²) in [5.74, 6) is -0.199. The van der Waals surface area contributed by atoms with E-state index in [0.29, 0.717) is 5.56 Å². The maximum Gasteiger partial charge on any atom is 0.573 e. The van der Waals surface area contributed by atoms with Crippen molar-refractivity contribution in [3.8, 4) is 17.2 Å². The van der Waals surface area contributed by atoms with Crippen molar-refractivity contribution in [1.29, 1.82) is 0 Å². The molecule has 1 aromatic heterocycles. The quantitative estimate of drug-likeness (QED) is 0.910. The normalized spacial score (nSPS) is 10.6. The van der Waals surface area contributed by atoms with E-state index in [4.69, 9.17) is 10.2 Å². The predicted molar refractivity (Wildman–Crippen MR) is 62.2 cm³/mol. The van der Waals surface area contributed by atoms with Crippen LogP contribution in [0.25, 0.3) is 11.5 Å². The molecule has 0 aliphatic rings. The predicted octanol–water partition coefficient (Wildman–Crippen LogP) is 3.24. The van der Waals surface area contributed by atoms with Gasteiger partial charge in [-0.15, -0.1) is 18.3 Å². The summed E-state index contributed by atoms with van der Waals surface area (Å²) in [5, 5.41) is 7.01.